The van der Waals surface area contributed by atoms with Gasteiger partial charge < -0.3 is 5.32 Å². The van der Waals surface area contributed by atoms with Gasteiger partial charge in [0, 0.05) is 28.3 Å². The first-order valence-electron chi connectivity index (χ1n) is 5.11. The molecular weight excluding hydrogens is 204 g/mol. The summed E-state index contributed by atoms with van der Waals surface area (Å²) in [6.07, 6.45) is 0.603. The highest BCUT2D eigenvalue weighted by atomic mass is 32.2. The Hall–Kier alpha value is -1.14. The van der Waals surface area contributed by atoms with Crippen LogP contribution in [0.25, 0.3) is 0 Å². The predicted octanol–water partition coefficient (Wildman–Crippen LogP) is 3.18. The Kier molecular flexibility index (Phi) is 2.88. The molecule has 3 heteroatoms. The normalized spacial score (nSPS) is 23.8. The SMILES string of the molecule is Cc1ccc2c(c1)SC(CC#N)C(C)N2. The van der Waals surface area contributed by atoms with Gasteiger partial charge in [0.1, 0.15) is 0 Å². The Bertz CT molecular complexity index is 409. The third kappa shape index (κ3) is 2.10. The summed E-state index contributed by atoms with van der Waals surface area (Å²) >= 11 is 1.82. The Labute approximate surface area is 94.7 Å². The first-order chi connectivity index (χ1) is 7.20. The van der Waals surface area contributed by atoms with Crippen molar-refractivity contribution in [1.82, 2.24) is 0 Å². The summed E-state index contributed by atoms with van der Waals surface area (Å²) in [7, 11) is 0. The van der Waals surface area contributed by atoms with E-state index < -0.39 is 0 Å². The van der Waals surface area contributed by atoms with Gasteiger partial charge in [-0.15, -0.1) is 11.8 Å². The van der Waals surface area contributed by atoms with Crippen LogP contribution in [0.1, 0.15) is 18.9 Å². The molecule has 2 nitrogen and oxygen atoms in total. The second-order valence-electron chi connectivity index (χ2n) is 3.95. The molecule has 15 heavy (non-hydrogen) atoms. The fourth-order valence-electron chi connectivity index (χ4n) is 1.76. The number of thioether (sulfide) groups is 1. The third-order valence-corrected chi connectivity index (χ3v) is 4.12. The summed E-state index contributed by atoms with van der Waals surface area (Å²) < 4.78 is 0. The molecule has 1 aromatic rings. The maximum atomic E-state index is 8.75. The quantitative estimate of drug-likeness (QED) is 0.786. The van der Waals surface area contributed by atoms with Crippen LogP contribution in [-0.2, 0) is 0 Å². The van der Waals surface area contributed by atoms with Crippen LogP contribution in [-0.4, -0.2) is 11.3 Å². The molecule has 2 rings (SSSR count). The van der Waals surface area contributed by atoms with E-state index in [1.807, 2.05) is 11.8 Å². The van der Waals surface area contributed by atoms with E-state index in [0.717, 1.165) is 0 Å². The standard InChI is InChI=1S/C12H14N2S/c1-8-3-4-10-12(7-8)15-11(5-6-13)9(2)14-10/h3-4,7,9,11,14H,5H2,1-2H3. The van der Waals surface area contributed by atoms with Gasteiger partial charge in [-0.05, 0) is 31.5 Å². The first kappa shape index (κ1) is 10.4. The number of hydrogen-bond donors (Lipinski definition) is 1. The molecule has 0 aliphatic carbocycles. The van der Waals surface area contributed by atoms with Gasteiger partial charge in [-0.1, -0.05) is 6.07 Å². The number of nitrogens with one attached hydrogen (secondary N) is 1. The van der Waals surface area contributed by atoms with Crippen LogP contribution in [0, 0.1) is 18.3 Å². The van der Waals surface area contributed by atoms with Crippen molar-refractivity contribution in [3.8, 4) is 6.07 Å². The van der Waals surface area contributed by atoms with Gasteiger partial charge >= 0.3 is 0 Å². The van der Waals surface area contributed by atoms with E-state index in [1.54, 1.807) is 0 Å². The highest BCUT2D eigenvalue weighted by Gasteiger charge is 2.25. The molecule has 1 aliphatic rings. The van der Waals surface area contributed by atoms with E-state index in [-0.39, 0.29) is 0 Å². The maximum absolute atomic E-state index is 8.75. The first-order valence-corrected chi connectivity index (χ1v) is 5.99. The predicted molar refractivity (Wildman–Crippen MR) is 64.1 cm³/mol. The smallest absolute Gasteiger partial charge is 0.0634 e. The Morgan fingerprint density at radius 3 is 3.07 bits per heavy atom. The van der Waals surface area contributed by atoms with Gasteiger partial charge in [0.15, 0.2) is 0 Å². The minimum atomic E-state index is 0.365. The van der Waals surface area contributed by atoms with Crippen molar-refractivity contribution in [2.75, 3.05) is 5.32 Å². The molecule has 0 saturated heterocycles. The van der Waals surface area contributed by atoms with Gasteiger partial charge in [-0.3, -0.25) is 0 Å². The van der Waals surface area contributed by atoms with E-state index in [0.29, 0.717) is 17.7 Å². The van der Waals surface area contributed by atoms with Crippen molar-refractivity contribution in [3.05, 3.63) is 23.8 Å². The van der Waals surface area contributed by atoms with Crippen LogP contribution in [0.15, 0.2) is 23.1 Å². The Morgan fingerprint density at radius 1 is 1.53 bits per heavy atom. The van der Waals surface area contributed by atoms with Gasteiger partial charge in [0.05, 0.1) is 6.07 Å². The molecule has 0 amide bonds. The maximum Gasteiger partial charge on any atom is 0.0634 e. The van der Waals surface area contributed by atoms with Crippen LogP contribution in [0.3, 0.4) is 0 Å². The number of hydrogen-bond acceptors (Lipinski definition) is 3. The van der Waals surface area contributed by atoms with Crippen LogP contribution in [0.5, 0.6) is 0 Å². The minimum absolute atomic E-state index is 0.365. The fraction of sp³-hybridized carbons (Fsp3) is 0.417. The van der Waals surface area contributed by atoms with E-state index in [9.17, 15) is 0 Å². The van der Waals surface area contributed by atoms with Gasteiger partial charge in [-0.25, -0.2) is 0 Å². The van der Waals surface area contributed by atoms with Gasteiger partial charge in [-0.2, -0.15) is 5.26 Å². The van der Waals surface area contributed by atoms with E-state index in [1.165, 1.54) is 16.1 Å². The van der Waals surface area contributed by atoms with Crippen LogP contribution >= 0.6 is 11.8 Å². The number of benzene rings is 1. The molecule has 2 unspecified atom stereocenters. The zero-order valence-electron chi connectivity index (χ0n) is 8.95. The lowest BCUT2D eigenvalue weighted by Crippen LogP contribution is -2.31. The lowest BCUT2D eigenvalue weighted by Gasteiger charge is -2.30. The fourth-order valence-corrected chi connectivity index (χ4v) is 3.02. The molecular formula is C12H14N2S. The zero-order valence-corrected chi connectivity index (χ0v) is 9.77. The van der Waals surface area contributed by atoms with Crippen molar-refractivity contribution in [2.45, 2.75) is 36.5 Å². The largest absolute Gasteiger partial charge is 0.381 e. The molecule has 0 spiro atoms. The van der Waals surface area contributed by atoms with E-state index in [4.69, 9.17) is 5.26 Å². The summed E-state index contributed by atoms with van der Waals surface area (Å²) in [4.78, 5) is 1.27. The average molecular weight is 218 g/mol. The van der Waals surface area contributed by atoms with Crippen LogP contribution < -0.4 is 5.32 Å². The van der Waals surface area contributed by atoms with Crippen LogP contribution in [0.2, 0.25) is 0 Å². The number of rotatable bonds is 1. The Balaban J connectivity index is 2.27. The number of anilines is 1. The molecule has 0 radical (unpaired) electrons. The second kappa shape index (κ2) is 4.16. The van der Waals surface area contributed by atoms with Crippen molar-refractivity contribution < 1.29 is 0 Å². The van der Waals surface area contributed by atoms with Crippen LogP contribution in [0.4, 0.5) is 5.69 Å². The van der Waals surface area contributed by atoms with E-state index >= 15 is 0 Å². The molecule has 0 fully saturated rings. The number of fused-ring (bicyclic) bond motifs is 1. The molecule has 0 bridgehead atoms. The molecule has 78 valence electrons. The molecule has 0 saturated carbocycles. The summed E-state index contributed by atoms with van der Waals surface area (Å²) in [6.45, 7) is 4.23. The number of nitrogens with zero attached hydrogens (tertiary/aromatic N) is 1. The second-order valence-corrected chi connectivity index (χ2v) is 5.23. The van der Waals surface area contributed by atoms with Gasteiger partial charge in [0.2, 0.25) is 0 Å². The summed E-state index contributed by atoms with van der Waals surface area (Å²) in [5.41, 5.74) is 2.47. The summed E-state index contributed by atoms with van der Waals surface area (Å²) in [5.74, 6) is 0. The Morgan fingerprint density at radius 2 is 2.33 bits per heavy atom. The zero-order chi connectivity index (χ0) is 10.8. The van der Waals surface area contributed by atoms with Crippen molar-refractivity contribution in [2.24, 2.45) is 0 Å². The average Bonchev–Trinajstić information content (AvgIpc) is 2.20. The lowest BCUT2D eigenvalue weighted by atomic mass is 10.1. The topological polar surface area (TPSA) is 35.8 Å². The molecule has 1 aliphatic heterocycles. The van der Waals surface area contributed by atoms with Crippen molar-refractivity contribution in [1.29, 1.82) is 5.26 Å². The minimum Gasteiger partial charge on any atom is -0.381 e. The lowest BCUT2D eigenvalue weighted by molar-refractivity contribution is 0.729. The summed E-state index contributed by atoms with van der Waals surface area (Å²) in [6, 6.07) is 9.04. The molecule has 1 aromatic carbocycles. The molecule has 1 heterocycles. The van der Waals surface area contributed by atoms with Crippen molar-refractivity contribution in [3.63, 3.8) is 0 Å². The molecule has 1 N–H and O–H groups in total. The summed E-state index contributed by atoms with van der Waals surface area (Å²) in [5, 5.41) is 12.6. The number of nitriles is 1. The number of aryl methyl sites for hydroxylation is 1. The van der Waals surface area contributed by atoms with E-state index in [2.05, 4.69) is 43.4 Å². The van der Waals surface area contributed by atoms with Gasteiger partial charge in [0.25, 0.3) is 0 Å². The highest BCUT2D eigenvalue weighted by Crippen LogP contribution is 2.39. The van der Waals surface area contributed by atoms with Crippen molar-refractivity contribution >= 4 is 17.4 Å². The molecule has 2 atom stereocenters. The third-order valence-electron chi connectivity index (χ3n) is 2.65. The molecule has 0 aromatic heterocycles. The highest BCUT2D eigenvalue weighted by molar-refractivity contribution is 8.00. The monoisotopic (exact) mass is 218 g/mol.